The van der Waals surface area contributed by atoms with E-state index in [1.165, 1.54) is 21.2 Å². The predicted molar refractivity (Wildman–Crippen MR) is 189 cm³/mol. The van der Waals surface area contributed by atoms with Crippen molar-refractivity contribution < 1.29 is 0 Å². The molecule has 2 N–H and O–H groups in total. The summed E-state index contributed by atoms with van der Waals surface area (Å²) in [5.74, 6) is 0. The Morgan fingerprint density at radius 1 is 0.465 bits per heavy atom. The van der Waals surface area contributed by atoms with Gasteiger partial charge in [0.05, 0.1) is 35.2 Å². The van der Waals surface area contributed by atoms with Gasteiger partial charge in [0, 0.05) is 23.0 Å². The molecular formula is C37H34N4P2. The largest absolute Gasteiger partial charge is 0.360 e. The van der Waals surface area contributed by atoms with Gasteiger partial charge in [0.1, 0.15) is 0 Å². The van der Waals surface area contributed by atoms with Crippen LogP contribution in [-0.2, 0) is 0 Å². The molecule has 4 nitrogen and oxygen atoms in total. The second-order valence-corrected chi connectivity index (χ2v) is 14.7. The first-order valence-electron chi connectivity index (χ1n) is 14.5. The van der Waals surface area contributed by atoms with Gasteiger partial charge < -0.3 is 9.97 Å². The Hall–Kier alpha value is -4.36. The van der Waals surface area contributed by atoms with E-state index < -0.39 is 15.8 Å². The zero-order valence-electron chi connectivity index (χ0n) is 23.9. The van der Waals surface area contributed by atoms with E-state index >= 15 is 0 Å². The summed E-state index contributed by atoms with van der Waals surface area (Å²) in [6, 6.07) is 47.3. The molecule has 0 radical (unpaired) electrons. The Bertz CT molecular complexity index is 1610. The molecule has 6 aromatic rings. The second kappa shape index (κ2) is 14.7. The topological polar surface area (TPSA) is 56.3 Å². The second-order valence-electron chi connectivity index (χ2n) is 10.1. The Labute approximate surface area is 256 Å². The first-order valence-corrected chi connectivity index (χ1v) is 17.6. The van der Waals surface area contributed by atoms with Crippen molar-refractivity contribution in [3.8, 4) is 0 Å². The molecule has 0 saturated carbocycles. The minimum atomic E-state index is -0.596. The molecule has 43 heavy (non-hydrogen) atoms. The molecule has 0 fully saturated rings. The van der Waals surface area contributed by atoms with Crippen molar-refractivity contribution >= 4 is 60.9 Å². The highest BCUT2D eigenvalue weighted by Crippen LogP contribution is 2.42. The lowest BCUT2D eigenvalue weighted by molar-refractivity contribution is 1.11. The van der Waals surface area contributed by atoms with E-state index in [1.807, 2.05) is 49.1 Å². The molecule has 0 aliphatic carbocycles. The van der Waals surface area contributed by atoms with Crippen molar-refractivity contribution in [1.29, 1.82) is 0 Å². The van der Waals surface area contributed by atoms with Crippen LogP contribution in [0.2, 0.25) is 0 Å². The van der Waals surface area contributed by atoms with Crippen molar-refractivity contribution in [2.75, 3.05) is 12.3 Å². The number of nitrogens with zero attached hydrogens (tertiary/aromatic N) is 2. The average molecular weight is 597 g/mol. The molecule has 2 unspecified atom stereocenters. The number of para-hydroxylation sites is 2. The monoisotopic (exact) mass is 596 g/mol. The van der Waals surface area contributed by atoms with E-state index in [0.29, 0.717) is 0 Å². The van der Waals surface area contributed by atoms with Crippen LogP contribution in [-0.4, -0.2) is 34.7 Å². The average Bonchev–Trinajstić information content (AvgIpc) is 3.80. The summed E-state index contributed by atoms with van der Waals surface area (Å²) >= 11 is 0. The Morgan fingerprint density at radius 3 is 1.30 bits per heavy atom. The highest BCUT2D eigenvalue weighted by atomic mass is 31.1. The van der Waals surface area contributed by atoms with E-state index in [9.17, 15) is 0 Å². The molecule has 0 saturated heterocycles. The van der Waals surface area contributed by atoms with Gasteiger partial charge in [-0.15, -0.1) is 0 Å². The first-order chi connectivity index (χ1) is 21.3. The molecule has 2 aromatic heterocycles. The van der Waals surface area contributed by atoms with E-state index in [-0.39, 0.29) is 0 Å². The fraction of sp³-hybridized carbons (Fsp3) is 0.0811. The van der Waals surface area contributed by atoms with Gasteiger partial charge in [-0.2, -0.15) is 0 Å². The summed E-state index contributed by atoms with van der Waals surface area (Å²) in [5, 5.41) is 5.43. The molecule has 0 amide bonds. The molecule has 0 aliphatic rings. The van der Waals surface area contributed by atoms with Gasteiger partial charge in [-0.3, -0.25) is 9.98 Å². The highest BCUT2D eigenvalue weighted by molar-refractivity contribution is 7.74. The summed E-state index contributed by atoms with van der Waals surface area (Å²) in [7, 11) is -1.19. The number of nitrogens with one attached hydrogen (secondary N) is 2. The third-order valence-electron chi connectivity index (χ3n) is 7.17. The van der Waals surface area contributed by atoms with Gasteiger partial charge >= 0.3 is 0 Å². The van der Waals surface area contributed by atoms with Crippen LogP contribution in [0.1, 0.15) is 17.8 Å². The third kappa shape index (κ3) is 7.54. The van der Waals surface area contributed by atoms with E-state index in [2.05, 4.69) is 119 Å². The van der Waals surface area contributed by atoms with Crippen LogP contribution < -0.4 is 21.2 Å². The number of aromatic amines is 2. The highest BCUT2D eigenvalue weighted by Gasteiger charge is 2.21. The van der Waals surface area contributed by atoms with E-state index in [0.717, 1.165) is 41.5 Å². The van der Waals surface area contributed by atoms with Gasteiger partial charge in [-0.25, -0.2) is 0 Å². The summed E-state index contributed by atoms with van der Waals surface area (Å²) in [4.78, 5) is 16.3. The van der Waals surface area contributed by atoms with Crippen molar-refractivity contribution in [3.63, 3.8) is 0 Å². The van der Waals surface area contributed by atoms with Gasteiger partial charge in [0.15, 0.2) is 0 Å². The maximum absolute atomic E-state index is 4.93. The Balaban J connectivity index is 1.29. The maximum Gasteiger partial charge on any atom is 0.0710 e. The quantitative estimate of drug-likeness (QED) is 0.107. The molecule has 4 aromatic carbocycles. The van der Waals surface area contributed by atoms with Crippen molar-refractivity contribution in [1.82, 2.24) is 9.97 Å². The van der Waals surface area contributed by atoms with Crippen LogP contribution >= 0.6 is 15.8 Å². The van der Waals surface area contributed by atoms with Crippen LogP contribution in [0.15, 0.2) is 156 Å². The van der Waals surface area contributed by atoms with Crippen LogP contribution in [0.25, 0.3) is 0 Å². The van der Waals surface area contributed by atoms with Gasteiger partial charge in [-0.1, -0.05) is 97.1 Å². The molecular weight excluding hydrogens is 562 g/mol. The number of hydrogen-bond donors (Lipinski definition) is 2. The van der Waals surface area contributed by atoms with Crippen LogP contribution in [0, 0.1) is 0 Å². The first kappa shape index (κ1) is 28.7. The van der Waals surface area contributed by atoms with E-state index in [1.54, 1.807) is 0 Å². The Morgan fingerprint density at radius 2 is 0.884 bits per heavy atom. The standard InChI is InChI=1S/C37H34N4P2/c1-3-16-32(17-4-1)42(36-22-9-7-20-34(36)40-28-30-14-11-24-38-30)26-13-27-43(33-18-5-2-6-19-33)37-23-10-8-21-35(37)41-29-31-15-12-25-39-31/h1-12,14-25,28-29,38-39H,13,26-27H2. The summed E-state index contributed by atoms with van der Waals surface area (Å²) in [5.41, 5.74) is 4.10. The number of aliphatic imine (C=N–C) groups is 2. The maximum atomic E-state index is 4.93. The number of H-pyrrole nitrogens is 2. The zero-order valence-corrected chi connectivity index (χ0v) is 25.7. The van der Waals surface area contributed by atoms with Crippen LogP contribution in [0.4, 0.5) is 11.4 Å². The number of benzene rings is 4. The lowest BCUT2D eigenvalue weighted by atomic mass is 10.3. The number of hydrogen-bond acceptors (Lipinski definition) is 2. The van der Waals surface area contributed by atoms with Crippen molar-refractivity contribution in [3.05, 3.63) is 157 Å². The lowest BCUT2D eigenvalue weighted by Gasteiger charge is -2.24. The van der Waals surface area contributed by atoms with Gasteiger partial charge in [-0.05, 0) is 81.6 Å². The van der Waals surface area contributed by atoms with Crippen LogP contribution in [0.3, 0.4) is 0 Å². The molecule has 212 valence electrons. The fourth-order valence-corrected chi connectivity index (χ4v) is 10.3. The molecule has 6 heteroatoms. The summed E-state index contributed by atoms with van der Waals surface area (Å²) in [6.45, 7) is 0. The van der Waals surface area contributed by atoms with Gasteiger partial charge in [0.25, 0.3) is 0 Å². The summed E-state index contributed by atoms with van der Waals surface area (Å²) < 4.78 is 0. The lowest BCUT2D eigenvalue weighted by Crippen LogP contribution is -2.18. The molecule has 2 heterocycles. The van der Waals surface area contributed by atoms with Gasteiger partial charge in [0.2, 0.25) is 0 Å². The van der Waals surface area contributed by atoms with E-state index in [4.69, 9.17) is 9.98 Å². The third-order valence-corrected chi connectivity index (χ3v) is 12.5. The molecule has 2 atom stereocenters. The zero-order chi connectivity index (χ0) is 29.1. The molecule has 0 bridgehead atoms. The smallest absolute Gasteiger partial charge is 0.0710 e. The normalized spacial score (nSPS) is 13.0. The van der Waals surface area contributed by atoms with Crippen molar-refractivity contribution in [2.45, 2.75) is 6.42 Å². The minimum Gasteiger partial charge on any atom is -0.360 e. The van der Waals surface area contributed by atoms with Crippen molar-refractivity contribution in [2.24, 2.45) is 9.98 Å². The number of rotatable bonds is 12. The molecule has 0 aliphatic heterocycles. The molecule has 0 spiro atoms. The number of aromatic nitrogens is 2. The molecule has 6 rings (SSSR count). The minimum absolute atomic E-state index is 0.596. The SMILES string of the molecule is C(=Nc1ccccc1P(CCCP(c1ccccc1)c1ccccc1N=Cc1ccc[nH]1)c1ccccc1)c1ccc[nH]1. The Kier molecular flexibility index (Phi) is 9.82. The summed E-state index contributed by atoms with van der Waals surface area (Å²) in [6.07, 6.45) is 11.0. The van der Waals surface area contributed by atoms with Crippen LogP contribution in [0.5, 0.6) is 0 Å². The predicted octanol–water partition coefficient (Wildman–Crippen LogP) is 7.80. The fourth-order valence-electron chi connectivity index (χ4n) is 5.11.